The number of hydrogen-bond donors (Lipinski definition) is 3. The molecule has 1 amide bonds. The number of hydrogen-bond acceptors (Lipinski definition) is 7. The van der Waals surface area contributed by atoms with E-state index in [4.69, 9.17) is 9.84 Å². The SMILES string of the molecule is Cc1ccc(Cn2c(Nc3ccc(OC(C)C)c(F)c3)nc(=O)n(CC(=O)NCC(=O)O)c2=O)cc1. The normalized spacial score (nSPS) is 10.8. The summed E-state index contributed by atoms with van der Waals surface area (Å²) in [6, 6.07) is 11.3. The zero-order chi connectivity index (χ0) is 26.4. The molecule has 11 nitrogen and oxygen atoms in total. The Morgan fingerprint density at radius 2 is 1.81 bits per heavy atom. The number of benzene rings is 2. The smallest absolute Gasteiger partial charge is 0.355 e. The van der Waals surface area contributed by atoms with Gasteiger partial charge in [-0.25, -0.2) is 18.5 Å². The molecule has 0 aliphatic heterocycles. The lowest BCUT2D eigenvalue weighted by Crippen LogP contribution is -2.46. The van der Waals surface area contributed by atoms with Gasteiger partial charge in [0.1, 0.15) is 13.1 Å². The van der Waals surface area contributed by atoms with Crippen LogP contribution in [-0.4, -0.2) is 43.7 Å². The fraction of sp³-hybridized carbons (Fsp3) is 0.292. The molecule has 2 aromatic carbocycles. The highest BCUT2D eigenvalue weighted by Gasteiger charge is 2.17. The Balaban J connectivity index is 2.00. The molecule has 0 radical (unpaired) electrons. The van der Waals surface area contributed by atoms with Crippen LogP contribution in [0.25, 0.3) is 0 Å². The van der Waals surface area contributed by atoms with Gasteiger partial charge in [0, 0.05) is 11.8 Å². The van der Waals surface area contributed by atoms with Gasteiger partial charge in [-0.15, -0.1) is 0 Å². The summed E-state index contributed by atoms with van der Waals surface area (Å²) in [6.07, 6.45) is -0.236. The summed E-state index contributed by atoms with van der Waals surface area (Å²) in [5, 5.41) is 13.6. The third-order valence-corrected chi connectivity index (χ3v) is 4.90. The second kappa shape index (κ2) is 11.3. The lowest BCUT2D eigenvalue weighted by molar-refractivity contribution is -0.138. The average Bonchev–Trinajstić information content (AvgIpc) is 2.80. The van der Waals surface area contributed by atoms with Crippen molar-refractivity contribution < 1.29 is 23.8 Å². The molecule has 1 heterocycles. The minimum absolute atomic E-state index is 0.0114. The van der Waals surface area contributed by atoms with Crippen LogP contribution in [0, 0.1) is 12.7 Å². The van der Waals surface area contributed by atoms with E-state index in [-0.39, 0.29) is 30.0 Å². The van der Waals surface area contributed by atoms with Crippen LogP contribution in [0.5, 0.6) is 5.75 Å². The van der Waals surface area contributed by atoms with Crippen molar-refractivity contribution in [2.75, 3.05) is 11.9 Å². The van der Waals surface area contributed by atoms with Crippen LogP contribution >= 0.6 is 0 Å². The van der Waals surface area contributed by atoms with Gasteiger partial charge in [0.15, 0.2) is 11.6 Å². The van der Waals surface area contributed by atoms with E-state index in [1.54, 1.807) is 26.0 Å². The molecular formula is C24H26FN5O6. The summed E-state index contributed by atoms with van der Waals surface area (Å²) in [4.78, 5) is 52.5. The standard InChI is InChI=1S/C24H26FN5O6/c1-14(2)36-19-9-8-17(10-18(19)25)27-22-28-23(34)30(13-20(31)26-11-21(32)33)24(35)29(22)12-16-6-4-15(3)5-7-16/h4-10,14H,11-13H2,1-3H3,(H,26,31)(H,32,33)(H,27,28,34). The van der Waals surface area contributed by atoms with E-state index in [9.17, 15) is 23.6 Å². The van der Waals surface area contributed by atoms with E-state index >= 15 is 0 Å². The van der Waals surface area contributed by atoms with Gasteiger partial charge in [0.2, 0.25) is 11.9 Å². The summed E-state index contributed by atoms with van der Waals surface area (Å²) in [6.45, 7) is 4.03. The number of carboxylic acids is 1. The van der Waals surface area contributed by atoms with E-state index in [1.807, 2.05) is 19.1 Å². The van der Waals surface area contributed by atoms with Crippen LogP contribution in [0.1, 0.15) is 25.0 Å². The molecule has 3 aromatic rings. The van der Waals surface area contributed by atoms with Gasteiger partial charge in [-0.05, 0) is 38.5 Å². The number of aliphatic carboxylic acids is 1. The summed E-state index contributed by atoms with van der Waals surface area (Å²) in [5.41, 5.74) is 0.0309. The molecule has 3 N–H and O–H groups in total. The Morgan fingerprint density at radius 3 is 2.42 bits per heavy atom. The fourth-order valence-corrected chi connectivity index (χ4v) is 3.21. The van der Waals surface area contributed by atoms with Gasteiger partial charge in [-0.1, -0.05) is 29.8 Å². The fourth-order valence-electron chi connectivity index (χ4n) is 3.21. The molecule has 3 rings (SSSR count). The Bertz CT molecular complexity index is 1380. The molecule has 0 spiro atoms. The molecule has 0 bridgehead atoms. The molecule has 0 aliphatic rings. The lowest BCUT2D eigenvalue weighted by atomic mass is 10.1. The Kier molecular flexibility index (Phi) is 8.20. The highest BCUT2D eigenvalue weighted by molar-refractivity contribution is 5.80. The van der Waals surface area contributed by atoms with E-state index in [0.717, 1.165) is 16.2 Å². The van der Waals surface area contributed by atoms with Crippen molar-refractivity contribution in [3.05, 3.63) is 80.4 Å². The Labute approximate surface area is 205 Å². The van der Waals surface area contributed by atoms with Gasteiger partial charge in [-0.2, -0.15) is 4.98 Å². The number of carboxylic acid groups (broad SMARTS) is 1. The monoisotopic (exact) mass is 499 g/mol. The predicted molar refractivity (Wildman–Crippen MR) is 129 cm³/mol. The van der Waals surface area contributed by atoms with Gasteiger partial charge >= 0.3 is 17.3 Å². The van der Waals surface area contributed by atoms with Gasteiger partial charge in [-0.3, -0.25) is 14.2 Å². The highest BCUT2D eigenvalue weighted by Crippen LogP contribution is 2.24. The van der Waals surface area contributed by atoms with Crippen molar-refractivity contribution in [2.45, 2.75) is 40.0 Å². The van der Waals surface area contributed by atoms with Crippen molar-refractivity contribution in [1.29, 1.82) is 0 Å². The second-order valence-electron chi connectivity index (χ2n) is 8.27. The zero-order valence-corrected chi connectivity index (χ0v) is 19.9. The molecule has 1 aromatic heterocycles. The number of nitrogens with one attached hydrogen (secondary N) is 2. The summed E-state index contributed by atoms with van der Waals surface area (Å²) < 4.78 is 21.6. The van der Waals surface area contributed by atoms with Gasteiger partial charge in [0.25, 0.3) is 0 Å². The number of aryl methyl sites for hydroxylation is 1. The molecule has 0 saturated heterocycles. The largest absolute Gasteiger partial charge is 0.488 e. The minimum atomic E-state index is -1.28. The number of ether oxygens (including phenoxy) is 1. The third kappa shape index (κ3) is 6.78. The quantitative estimate of drug-likeness (QED) is 0.382. The maximum atomic E-state index is 14.5. The van der Waals surface area contributed by atoms with Crippen LogP contribution < -0.4 is 26.7 Å². The molecule has 0 atom stereocenters. The number of halogens is 1. The summed E-state index contributed by atoms with van der Waals surface area (Å²) in [7, 11) is 0. The number of anilines is 2. The first-order chi connectivity index (χ1) is 17.0. The second-order valence-corrected chi connectivity index (χ2v) is 8.27. The first-order valence-electron chi connectivity index (χ1n) is 11.0. The number of carbonyl (C=O) groups is 2. The molecule has 0 fully saturated rings. The molecule has 0 saturated carbocycles. The first-order valence-corrected chi connectivity index (χ1v) is 11.0. The number of aromatic nitrogens is 3. The molecule has 0 aliphatic carbocycles. The number of carbonyl (C=O) groups excluding carboxylic acids is 1. The minimum Gasteiger partial charge on any atom is -0.488 e. The zero-order valence-electron chi connectivity index (χ0n) is 19.9. The highest BCUT2D eigenvalue weighted by atomic mass is 19.1. The van der Waals surface area contributed by atoms with Crippen LogP contribution in [0.4, 0.5) is 16.0 Å². The van der Waals surface area contributed by atoms with E-state index in [2.05, 4.69) is 15.6 Å². The lowest BCUT2D eigenvalue weighted by Gasteiger charge is -2.16. The van der Waals surface area contributed by atoms with Crippen molar-refractivity contribution in [2.24, 2.45) is 0 Å². The molecule has 12 heteroatoms. The van der Waals surface area contributed by atoms with Crippen molar-refractivity contribution >= 4 is 23.5 Å². The Morgan fingerprint density at radius 1 is 1.11 bits per heavy atom. The molecule has 190 valence electrons. The Hall–Kier alpha value is -4.48. The number of rotatable bonds is 10. The summed E-state index contributed by atoms with van der Waals surface area (Å²) >= 11 is 0. The number of amides is 1. The molecule has 36 heavy (non-hydrogen) atoms. The number of nitrogens with zero attached hydrogens (tertiary/aromatic N) is 3. The van der Waals surface area contributed by atoms with Crippen LogP contribution in [0.3, 0.4) is 0 Å². The summed E-state index contributed by atoms with van der Waals surface area (Å²) in [5.74, 6) is -2.89. The van der Waals surface area contributed by atoms with E-state index in [1.165, 1.54) is 12.1 Å². The topological polar surface area (TPSA) is 145 Å². The van der Waals surface area contributed by atoms with Crippen molar-refractivity contribution in [3.63, 3.8) is 0 Å². The molecule has 0 unspecified atom stereocenters. The van der Waals surface area contributed by atoms with E-state index < -0.39 is 42.2 Å². The van der Waals surface area contributed by atoms with Gasteiger partial charge in [0.05, 0.1) is 12.6 Å². The van der Waals surface area contributed by atoms with Gasteiger partial charge < -0.3 is 20.5 Å². The van der Waals surface area contributed by atoms with Crippen molar-refractivity contribution in [1.82, 2.24) is 19.4 Å². The van der Waals surface area contributed by atoms with E-state index in [0.29, 0.717) is 10.1 Å². The van der Waals surface area contributed by atoms with Crippen LogP contribution in [0.2, 0.25) is 0 Å². The van der Waals surface area contributed by atoms with Crippen LogP contribution in [0.15, 0.2) is 52.1 Å². The van der Waals surface area contributed by atoms with Crippen LogP contribution in [-0.2, 0) is 22.7 Å². The predicted octanol–water partition coefficient (Wildman–Crippen LogP) is 1.63. The maximum absolute atomic E-state index is 14.5. The molecular weight excluding hydrogens is 473 g/mol. The maximum Gasteiger partial charge on any atom is 0.355 e. The van der Waals surface area contributed by atoms with Crippen molar-refractivity contribution in [3.8, 4) is 5.75 Å². The first kappa shape index (κ1) is 26.1. The average molecular weight is 499 g/mol. The third-order valence-electron chi connectivity index (χ3n) is 4.90.